The van der Waals surface area contributed by atoms with Crippen LogP contribution in [-0.4, -0.2) is 31.7 Å². The van der Waals surface area contributed by atoms with Crippen LogP contribution in [0.2, 0.25) is 0 Å². The second-order valence-corrected chi connectivity index (χ2v) is 8.36. The fraction of sp³-hybridized carbons (Fsp3) is 0.250. The first kappa shape index (κ1) is 20.8. The van der Waals surface area contributed by atoms with Gasteiger partial charge in [-0.1, -0.05) is 24.3 Å². The predicted octanol–water partition coefficient (Wildman–Crippen LogP) is 3.18. The highest BCUT2D eigenvalue weighted by Crippen LogP contribution is 2.17. The molecule has 0 bridgehead atoms. The number of hydrogen-bond acceptors (Lipinski definition) is 3. The summed E-state index contributed by atoms with van der Waals surface area (Å²) in [4.78, 5) is 12.1. The van der Waals surface area contributed by atoms with E-state index in [1.54, 1.807) is 45.2 Å². The van der Waals surface area contributed by atoms with Crippen molar-refractivity contribution in [2.24, 2.45) is 0 Å². The number of halogens is 1. The fourth-order valence-corrected chi connectivity index (χ4v) is 3.62. The molecule has 2 aromatic rings. The Balaban J connectivity index is 1.96. The topological polar surface area (TPSA) is 66.5 Å². The molecule has 1 amide bonds. The van der Waals surface area contributed by atoms with E-state index in [4.69, 9.17) is 0 Å². The molecule has 0 aliphatic heterocycles. The first-order valence-electron chi connectivity index (χ1n) is 8.48. The highest BCUT2D eigenvalue weighted by atomic mass is 32.2. The largest absolute Gasteiger partial charge is 0.348 e. The van der Waals surface area contributed by atoms with Crippen molar-refractivity contribution >= 4 is 22.0 Å². The maximum atomic E-state index is 13.1. The van der Waals surface area contributed by atoms with Gasteiger partial charge in [-0.25, -0.2) is 12.8 Å². The van der Waals surface area contributed by atoms with Crippen LogP contribution in [0, 0.1) is 5.82 Å². The molecule has 144 valence electrons. The van der Waals surface area contributed by atoms with Crippen molar-refractivity contribution in [1.29, 1.82) is 0 Å². The number of nitrogens with zero attached hydrogens (tertiary/aromatic N) is 1. The lowest BCUT2D eigenvalue weighted by Crippen LogP contribution is -2.33. The zero-order valence-electron chi connectivity index (χ0n) is 15.5. The number of hydrogen-bond donors (Lipinski definition) is 1. The maximum Gasteiger partial charge on any atom is 0.244 e. The third-order valence-electron chi connectivity index (χ3n) is 4.07. The van der Waals surface area contributed by atoms with E-state index in [0.717, 1.165) is 5.56 Å². The van der Waals surface area contributed by atoms with E-state index in [9.17, 15) is 17.6 Å². The van der Waals surface area contributed by atoms with Crippen LogP contribution < -0.4 is 5.32 Å². The highest BCUT2D eigenvalue weighted by Gasteiger charge is 2.22. The van der Waals surface area contributed by atoms with Gasteiger partial charge in [0, 0.05) is 25.7 Å². The number of rotatable bonds is 7. The first-order valence-corrected chi connectivity index (χ1v) is 9.92. The van der Waals surface area contributed by atoms with Crippen LogP contribution in [0.3, 0.4) is 0 Å². The number of carbonyl (C=O) groups excluding carboxylic acids is 1. The molecule has 0 saturated carbocycles. The third kappa shape index (κ3) is 5.74. The predicted molar refractivity (Wildman–Crippen MR) is 104 cm³/mol. The number of amides is 1. The molecule has 2 aromatic carbocycles. The van der Waals surface area contributed by atoms with Gasteiger partial charge >= 0.3 is 0 Å². The van der Waals surface area contributed by atoms with Crippen LogP contribution in [0.5, 0.6) is 0 Å². The summed E-state index contributed by atoms with van der Waals surface area (Å²) >= 11 is 0. The molecule has 0 fully saturated rings. The minimum absolute atomic E-state index is 0.140. The van der Waals surface area contributed by atoms with Gasteiger partial charge in [-0.15, -0.1) is 0 Å². The second kappa shape index (κ2) is 8.92. The smallest absolute Gasteiger partial charge is 0.244 e. The van der Waals surface area contributed by atoms with Gasteiger partial charge in [0.25, 0.3) is 0 Å². The lowest BCUT2D eigenvalue weighted by atomic mass is 10.2. The minimum atomic E-state index is -3.52. The van der Waals surface area contributed by atoms with Crippen molar-refractivity contribution in [1.82, 2.24) is 9.62 Å². The van der Waals surface area contributed by atoms with E-state index < -0.39 is 10.0 Å². The molecule has 0 aliphatic carbocycles. The maximum absolute atomic E-state index is 13.1. The van der Waals surface area contributed by atoms with Crippen LogP contribution in [0.4, 0.5) is 4.39 Å². The summed E-state index contributed by atoms with van der Waals surface area (Å²) in [5, 5.41) is 2.70. The van der Waals surface area contributed by atoms with Crippen LogP contribution in [0.1, 0.15) is 25.0 Å². The van der Waals surface area contributed by atoms with Crippen LogP contribution in [-0.2, 0) is 21.4 Å². The third-order valence-corrected chi connectivity index (χ3v) is 6.12. The standard InChI is InChI=1S/C20H23FN2O3S/c1-15(2)23(3)27(25,26)19-10-7-17(8-11-19)14-22-20(24)12-9-16-5-4-6-18(21)13-16/h4-13,15H,14H2,1-3H3,(H,22,24)/b12-9+. The van der Waals surface area contributed by atoms with Gasteiger partial charge in [0.05, 0.1) is 4.90 Å². The van der Waals surface area contributed by atoms with Crippen molar-refractivity contribution in [3.63, 3.8) is 0 Å². The van der Waals surface area contributed by atoms with E-state index >= 15 is 0 Å². The normalized spacial score (nSPS) is 12.1. The Morgan fingerprint density at radius 1 is 1.19 bits per heavy atom. The van der Waals surface area contributed by atoms with Gasteiger partial charge in [0.15, 0.2) is 0 Å². The number of benzene rings is 2. The first-order chi connectivity index (χ1) is 12.7. The van der Waals surface area contributed by atoms with Crippen molar-refractivity contribution in [3.05, 3.63) is 71.6 Å². The van der Waals surface area contributed by atoms with Gasteiger partial charge in [0.1, 0.15) is 5.82 Å². The number of sulfonamides is 1. The number of nitrogens with one attached hydrogen (secondary N) is 1. The molecule has 0 aromatic heterocycles. The Morgan fingerprint density at radius 3 is 2.44 bits per heavy atom. The quantitative estimate of drug-likeness (QED) is 0.739. The van der Waals surface area contributed by atoms with E-state index in [1.165, 1.54) is 40.7 Å². The molecule has 27 heavy (non-hydrogen) atoms. The molecular weight excluding hydrogens is 367 g/mol. The molecule has 0 heterocycles. The lowest BCUT2D eigenvalue weighted by molar-refractivity contribution is -0.116. The molecule has 7 heteroatoms. The van der Waals surface area contributed by atoms with Crippen molar-refractivity contribution < 1.29 is 17.6 Å². The zero-order valence-corrected chi connectivity index (χ0v) is 16.3. The summed E-state index contributed by atoms with van der Waals surface area (Å²) in [6.45, 7) is 3.87. The van der Waals surface area contributed by atoms with E-state index in [1.807, 2.05) is 0 Å². The van der Waals surface area contributed by atoms with Gasteiger partial charge in [-0.3, -0.25) is 4.79 Å². The molecule has 0 atom stereocenters. The molecule has 0 radical (unpaired) electrons. The van der Waals surface area contributed by atoms with Gasteiger partial charge in [0.2, 0.25) is 15.9 Å². The molecule has 2 rings (SSSR count). The van der Waals surface area contributed by atoms with Crippen molar-refractivity contribution in [3.8, 4) is 0 Å². The summed E-state index contributed by atoms with van der Waals surface area (Å²) in [6, 6.07) is 12.2. The van der Waals surface area contributed by atoms with Crippen molar-refractivity contribution in [2.45, 2.75) is 31.3 Å². The average molecular weight is 390 g/mol. The van der Waals surface area contributed by atoms with Gasteiger partial charge in [-0.05, 0) is 55.3 Å². The van der Waals surface area contributed by atoms with Gasteiger partial charge in [-0.2, -0.15) is 4.31 Å². The molecule has 0 unspecified atom stereocenters. The SMILES string of the molecule is CC(C)N(C)S(=O)(=O)c1ccc(CNC(=O)/C=C/c2cccc(F)c2)cc1. The Morgan fingerprint density at radius 2 is 1.85 bits per heavy atom. The van der Waals surface area contributed by atoms with E-state index in [2.05, 4.69) is 5.32 Å². The molecule has 0 aliphatic rings. The molecule has 1 N–H and O–H groups in total. The summed E-state index contributed by atoms with van der Waals surface area (Å²) in [5.41, 5.74) is 1.36. The van der Waals surface area contributed by atoms with Crippen LogP contribution in [0.15, 0.2) is 59.5 Å². The molecule has 5 nitrogen and oxygen atoms in total. The Hall–Kier alpha value is -2.51. The van der Waals surface area contributed by atoms with Crippen LogP contribution in [0.25, 0.3) is 6.08 Å². The summed E-state index contributed by atoms with van der Waals surface area (Å²) in [6.07, 6.45) is 2.85. The highest BCUT2D eigenvalue weighted by molar-refractivity contribution is 7.89. The van der Waals surface area contributed by atoms with Gasteiger partial charge < -0.3 is 5.32 Å². The Labute approximate surface area is 159 Å². The molecule has 0 saturated heterocycles. The zero-order chi connectivity index (χ0) is 20.0. The number of carbonyl (C=O) groups is 1. The molecular formula is C20H23FN2O3S. The summed E-state index contributed by atoms with van der Waals surface area (Å²) < 4.78 is 39.2. The van der Waals surface area contributed by atoms with Crippen LogP contribution >= 0.6 is 0 Å². The Kier molecular flexibility index (Phi) is 6.87. The monoisotopic (exact) mass is 390 g/mol. The Bertz CT molecular complexity index is 922. The molecule has 0 spiro atoms. The minimum Gasteiger partial charge on any atom is -0.348 e. The summed E-state index contributed by atoms with van der Waals surface area (Å²) in [5.74, 6) is -0.689. The average Bonchev–Trinajstić information content (AvgIpc) is 2.64. The fourth-order valence-electron chi connectivity index (χ4n) is 2.25. The summed E-state index contributed by atoms with van der Waals surface area (Å²) in [7, 11) is -1.98. The van der Waals surface area contributed by atoms with Crippen molar-refractivity contribution in [2.75, 3.05) is 7.05 Å². The van der Waals surface area contributed by atoms with E-state index in [0.29, 0.717) is 5.56 Å². The van der Waals surface area contributed by atoms with E-state index in [-0.39, 0.29) is 29.2 Å². The lowest BCUT2D eigenvalue weighted by Gasteiger charge is -2.21. The second-order valence-electron chi connectivity index (χ2n) is 6.37.